The van der Waals surface area contributed by atoms with Crippen molar-refractivity contribution in [3.8, 4) is 0 Å². The Morgan fingerprint density at radius 3 is 2.46 bits per heavy atom. The lowest BCUT2D eigenvalue weighted by Crippen LogP contribution is -2.21. The minimum Gasteiger partial charge on any atom is -0.452 e. The smallest absolute Gasteiger partial charge is 0.338 e. The van der Waals surface area contributed by atoms with Crippen LogP contribution in [0.2, 0.25) is 0 Å². The summed E-state index contributed by atoms with van der Waals surface area (Å²) in [5, 5.41) is 13.4. The molecule has 0 aliphatic carbocycles. The summed E-state index contributed by atoms with van der Waals surface area (Å²) >= 11 is 0. The van der Waals surface area contributed by atoms with Gasteiger partial charge < -0.3 is 10.1 Å². The average Bonchev–Trinajstić information content (AvgIpc) is 2.61. The van der Waals surface area contributed by atoms with Crippen molar-refractivity contribution in [2.45, 2.75) is 11.8 Å². The van der Waals surface area contributed by atoms with Gasteiger partial charge in [0.1, 0.15) is 10.7 Å². The Morgan fingerprint density at radius 1 is 1.21 bits per heavy atom. The Balaban J connectivity index is 2.08. The highest BCUT2D eigenvalue weighted by atomic mass is 32.2. The van der Waals surface area contributed by atoms with Gasteiger partial charge in [-0.2, -0.15) is 0 Å². The molecule has 2 aromatic carbocycles. The van der Waals surface area contributed by atoms with Crippen LogP contribution in [0.3, 0.4) is 0 Å². The Kier molecular flexibility index (Phi) is 6.09. The van der Waals surface area contributed by atoms with Crippen LogP contribution in [0.5, 0.6) is 0 Å². The molecule has 0 aliphatic rings. The average molecular weight is 410 g/mol. The first-order valence-corrected chi connectivity index (χ1v) is 9.60. The van der Waals surface area contributed by atoms with E-state index >= 15 is 0 Å². The lowest BCUT2D eigenvalue weighted by Gasteiger charge is -2.08. The summed E-state index contributed by atoms with van der Waals surface area (Å²) in [5.41, 5.74) is -0.523. The number of anilines is 1. The SMILES string of the molecule is Cc1ccc(NC(=O)COC(=O)c2ccc(S(C)(=O)=O)c([N+](=O)[O-])c2)cc1F. The standard InChI is InChI=1S/C17H15FN2O7S/c1-10-3-5-12(8-13(10)18)19-16(21)9-27-17(22)11-4-6-15(28(2,25)26)14(7-11)20(23)24/h3-8H,9H2,1-2H3,(H,19,21). The molecule has 2 aromatic rings. The van der Waals surface area contributed by atoms with Gasteiger partial charge in [-0.15, -0.1) is 0 Å². The Morgan fingerprint density at radius 2 is 1.89 bits per heavy atom. The zero-order chi connectivity index (χ0) is 21.1. The fourth-order valence-corrected chi connectivity index (χ4v) is 3.01. The topological polar surface area (TPSA) is 133 Å². The van der Waals surface area contributed by atoms with E-state index in [0.29, 0.717) is 5.56 Å². The van der Waals surface area contributed by atoms with Crippen molar-refractivity contribution in [1.29, 1.82) is 0 Å². The molecule has 0 unspecified atom stereocenters. The van der Waals surface area contributed by atoms with Gasteiger partial charge in [-0.05, 0) is 36.8 Å². The second kappa shape index (κ2) is 8.13. The largest absolute Gasteiger partial charge is 0.452 e. The van der Waals surface area contributed by atoms with E-state index in [1.54, 1.807) is 6.92 Å². The van der Waals surface area contributed by atoms with Gasteiger partial charge in [0.15, 0.2) is 16.4 Å². The van der Waals surface area contributed by atoms with Crippen molar-refractivity contribution in [3.05, 3.63) is 63.5 Å². The van der Waals surface area contributed by atoms with Crippen LogP contribution in [0, 0.1) is 22.9 Å². The molecule has 0 saturated heterocycles. The van der Waals surface area contributed by atoms with Crippen LogP contribution >= 0.6 is 0 Å². The van der Waals surface area contributed by atoms with Crippen LogP contribution < -0.4 is 5.32 Å². The van der Waals surface area contributed by atoms with Crippen molar-refractivity contribution in [3.63, 3.8) is 0 Å². The van der Waals surface area contributed by atoms with Crippen LogP contribution in [0.4, 0.5) is 15.8 Å². The minimum atomic E-state index is -3.88. The Labute approximate surface area is 159 Å². The summed E-state index contributed by atoms with van der Waals surface area (Å²) in [4.78, 5) is 33.4. The number of nitrogens with zero attached hydrogens (tertiary/aromatic N) is 1. The van der Waals surface area contributed by atoms with Gasteiger partial charge in [0.2, 0.25) is 0 Å². The predicted molar refractivity (Wildman–Crippen MR) is 96.3 cm³/mol. The van der Waals surface area contributed by atoms with Crippen molar-refractivity contribution in [1.82, 2.24) is 0 Å². The van der Waals surface area contributed by atoms with Gasteiger partial charge in [-0.3, -0.25) is 14.9 Å². The zero-order valence-electron chi connectivity index (χ0n) is 14.8. The number of nitrogens with one attached hydrogen (secondary N) is 1. The van der Waals surface area contributed by atoms with E-state index in [1.165, 1.54) is 12.1 Å². The number of ether oxygens (including phenoxy) is 1. The number of halogens is 1. The molecular weight excluding hydrogens is 395 g/mol. The number of sulfone groups is 1. The van der Waals surface area contributed by atoms with E-state index in [2.05, 4.69) is 5.32 Å². The fourth-order valence-electron chi connectivity index (χ4n) is 2.18. The van der Waals surface area contributed by atoms with Crippen LogP contribution in [0.15, 0.2) is 41.3 Å². The third-order valence-electron chi connectivity index (χ3n) is 3.58. The second-order valence-corrected chi connectivity index (χ2v) is 7.78. The number of hydrogen-bond donors (Lipinski definition) is 1. The van der Waals surface area contributed by atoms with E-state index in [1.807, 2.05) is 0 Å². The van der Waals surface area contributed by atoms with Crippen molar-refractivity contribution in [2.75, 3.05) is 18.2 Å². The molecule has 1 N–H and O–H groups in total. The van der Waals surface area contributed by atoms with E-state index in [0.717, 1.165) is 30.5 Å². The first-order chi connectivity index (χ1) is 13.0. The molecule has 0 radical (unpaired) electrons. The highest BCUT2D eigenvalue weighted by Gasteiger charge is 2.24. The number of nitro groups is 1. The lowest BCUT2D eigenvalue weighted by atomic mass is 10.2. The summed E-state index contributed by atoms with van der Waals surface area (Å²) in [6.45, 7) is 0.826. The number of carbonyl (C=O) groups excluding carboxylic acids is 2. The highest BCUT2D eigenvalue weighted by Crippen LogP contribution is 2.25. The molecule has 28 heavy (non-hydrogen) atoms. The highest BCUT2D eigenvalue weighted by molar-refractivity contribution is 7.90. The first-order valence-electron chi connectivity index (χ1n) is 7.70. The number of nitro benzene ring substituents is 1. The second-order valence-electron chi connectivity index (χ2n) is 5.80. The lowest BCUT2D eigenvalue weighted by molar-refractivity contribution is -0.387. The third-order valence-corrected chi connectivity index (χ3v) is 4.72. The number of benzene rings is 2. The van der Waals surface area contributed by atoms with Crippen molar-refractivity contribution in [2.24, 2.45) is 0 Å². The van der Waals surface area contributed by atoms with Gasteiger partial charge in [-0.1, -0.05) is 6.07 Å². The number of rotatable bonds is 6. The summed E-state index contributed by atoms with van der Waals surface area (Å²) in [6, 6.07) is 6.73. The normalized spacial score (nSPS) is 11.0. The minimum absolute atomic E-state index is 0.164. The molecular formula is C17H15FN2O7S. The Bertz CT molecular complexity index is 1070. The number of carbonyl (C=O) groups is 2. The quantitative estimate of drug-likeness (QED) is 0.439. The maximum absolute atomic E-state index is 13.5. The molecule has 1 amide bonds. The molecule has 0 aromatic heterocycles. The maximum atomic E-state index is 13.5. The third kappa shape index (κ3) is 5.10. The molecule has 0 bridgehead atoms. The molecule has 9 nitrogen and oxygen atoms in total. The van der Waals surface area contributed by atoms with E-state index in [-0.39, 0.29) is 11.3 Å². The molecule has 11 heteroatoms. The van der Waals surface area contributed by atoms with Crippen LogP contribution in [-0.4, -0.2) is 38.1 Å². The van der Waals surface area contributed by atoms with Crippen molar-refractivity contribution >= 4 is 33.1 Å². The van der Waals surface area contributed by atoms with Gasteiger partial charge in [0.25, 0.3) is 11.6 Å². The van der Waals surface area contributed by atoms with Crippen molar-refractivity contribution < 1.29 is 32.1 Å². The Hall–Kier alpha value is -3.34. The summed E-state index contributed by atoms with van der Waals surface area (Å²) in [7, 11) is -3.88. The van der Waals surface area contributed by atoms with Gasteiger partial charge >= 0.3 is 5.97 Å². The molecule has 2 rings (SSSR count). The maximum Gasteiger partial charge on any atom is 0.338 e. The molecule has 0 fully saturated rings. The van der Waals surface area contributed by atoms with Gasteiger partial charge in [-0.25, -0.2) is 17.6 Å². The van der Waals surface area contributed by atoms with Crippen LogP contribution in [0.25, 0.3) is 0 Å². The first kappa shape index (κ1) is 21.0. The number of aryl methyl sites for hydroxylation is 1. The summed E-state index contributed by atoms with van der Waals surface area (Å²) in [6.07, 6.45) is 0.797. The molecule has 0 aliphatic heterocycles. The molecule has 0 saturated carbocycles. The number of amides is 1. The zero-order valence-corrected chi connectivity index (χ0v) is 15.6. The number of esters is 1. The number of hydrogen-bond acceptors (Lipinski definition) is 7. The molecule has 148 valence electrons. The molecule has 0 atom stereocenters. The van der Waals surface area contributed by atoms with Gasteiger partial charge in [0.05, 0.1) is 10.5 Å². The van der Waals surface area contributed by atoms with E-state index in [9.17, 15) is 32.5 Å². The molecule has 0 heterocycles. The van der Waals surface area contributed by atoms with Crippen LogP contribution in [0.1, 0.15) is 15.9 Å². The van der Waals surface area contributed by atoms with Gasteiger partial charge in [0, 0.05) is 18.0 Å². The monoisotopic (exact) mass is 410 g/mol. The van der Waals surface area contributed by atoms with E-state index < -0.39 is 49.6 Å². The van der Waals surface area contributed by atoms with E-state index in [4.69, 9.17) is 4.74 Å². The summed E-state index contributed by atoms with van der Waals surface area (Å²) in [5.74, 6) is -2.33. The fraction of sp³-hybridized carbons (Fsp3) is 0.176. The molecule has 0 spiro atoms. The predicted octanol–water partition coefficient (Wildman–Crippen LogP) is 2.24. The summed E-state index contributed by atoms with van der Waals surface area (Å²) < 4.78 is 41.4. The van der Waals surface area contributed by atoms with Crippen LogP contribution in [-0.2, 0) is 19.4 Å².